The SMILES string of the molecule is O=C(Oc1cc2oc(=O)c3c(c2cc1Cl)CCCC3)C1CCCN1C(=O)OCc1ccccc1. The fraction of sp³-hybridized carbons (Fsp3) is 0.346. The van der Waals surface area contributed by atoms with Crippen LogP contribution in [0.3, 0.4) is 0 Å². The van der Waals surface area contributed by atoms with Crippen molar-refractivity contribution in [3.05, 3.63) is 74.6 Å². The summed E-state index contributed by atoms with van der Waals surface area (Å²) in [5, 5.41) is 1.02. The normalized spacial score (nSPS) is 17.4. The highest BCUT2D eigenvalue weighted by Gasteiger charge is 2.37. The van der Waals surface area contributed by atoms with Gasteiger partial charge in [0.15, 0.2) is 5.75 Å². The number of hydrogen-bond donors (Lipinski definition) is 0. The highest BCUT2D eigenvalue weighted by atomic mass is 35.5. The molecule has 0 radical (unpaired) electrons. The molecule has 1 aliphatic carbocycles. The maximum Gasteiger partial charge on any atom is 0.410 e. The number of ether oxygens (including phenoxy) is 2. The van der Waals surface area contributed by atoms with E-state index in [0.717, 1.165) is 35.8 Å². The van der Waals surface area contributed by atoms with Crippen LogP contribution in [-0.4, -0.2) is 29.5 Å². The molecule has 0 bridgehead atoms. The Labute approximate surface area is 201 Å². The maximum atomic E-state index is 13.0. The number of carbonyl (C=O) groups is 2. The largest absolute Gasteiger partial charge is 0.445 e. The Morgan fingerprint density at radius 1 is 1.06 bits per heavy atom. The van der Waals surface area contributed by atoms with Crippen LogP contribution < -0.4 is 10.4 Å². The Morgan fingerprint density at radius 2 is 1.82 bits per heavy atom. The zero-order chi connectivity index (χ0) is 23.7. The van der Waals surface area contributed by atoms with E-state index in [1.54, 1.807) is 6.07 Å². The van der Waals surface area contributed by atoms with E-state index in [4.69, 9.17) is 25.5 Å². The number of hydrogen-bond acceptors (Lipinski definition) is 6. The lowest BCUT2D eigenvalue weighted by molar-refractivity contribution is -0.139. The van der Waals surface area contributed by atoms with Gasteiger partial charge in [-0.05, 0) is 55.7 Å². The first-order valence-electron chi connectivity index (χ1n) is 11.5. The first-order valence-corrected chi connectivity index (χ1v) is 11.9. The molecule has 1 atom stereocenters. The fourth-order valence-corrected chi connectivity index (χ4v) is 4.93. The minimum Gasteiger partial charge on any atom is -0.445 e. The van der Waals surface area contributed by atoms with E-state index in [0.29, 0.717) is 37.0 Å². The van der Waals surface area contributed by atoms with Crippen LogP contribution in [0.5, 0.6) is 5.75 Å². The Kier molecular flexibility index (Phi) is 6.28. The second-order valence-electron chi connectivity index (χ2n) is 8.65. The van der Waals surface area contributed by atoms with Gasteiger partial charge in [0.2, 0.25) is 0 Å². The van der Waals surface area contributed by atoms with Crippen molar-refractivity contribution in [1.29, 1.82) is 0 Å². The predicted octanol–water partition coefficient (Wildman–Crippen LogP) is 5.03. The third-order valence-corrected chi connectivity index (χ3v) is 6.75. The van der Waals surface area contributed by atoms with Crippen LogP contribution in [0.1, 0.15) is 42.4 Å². The Hall–Kier alpha value is -3.32. The van der Waals surface area contributed by atoms with Gasteiger partial charge in [0.1, 0.15) is 18.2 Å². The summed E-state index contributed by atoms with van der Waals surface area (Å²) >= 11 is 6.45. The predicted molar refractivity (Wildman–Crippen MR) is 126 cm³/mol. The summed E-state index contributed by atoms with van der Waals surface area (Å²) in [5.74, 6) is -0.502. The molecular formula is C26H24ClNO6. The van der Waals surface area contributed by atoms with Crippen molar-refractivity contribution >= 4 is 34.6 Å². The van der Waals surface area contributed by atoms with E-state index in [1.165, 1.54) is 11.0 Å². The lowest BCUT2D eigenvalue weighted by Crippen LogP contribution is -2.42. The molecule has 5 rings (SSSR count). The van der Waals surface area contributed by atoms with Gasteiger partial charge in [0, 0.05) is 23.6 Å². The number of likely N-dealkylation sites (tertiary alicyclic amines) is 1. The number of amides is 1. The molecule has 3 aromatic rings. The van der Waals surface area contributed by atoms with E-state index in [-0.39, 0.29) is 23.0 Å². The fourth-order valence-electron chi connectivity index (χ4n) is 4.73. The molecule has 0 N–H and O–H groups in total. The zero-order valence-corrected chi connectivity index (χ0v) is 19.3. The second kappa shape index (κ2) is 9.50. The van der Waals surface area contributed by atoms with Gasteiger partial charge < -0.3 is 13.9 Å². The van der Waals surface area contributed by atoms with Crippen LogP contribution in [0.4, 0.5) is 4.79 Å². The standard InChI is InChI=1S/C26H24ClNO6/c27-20-13-19-17-9-4-5-10-18(17)24(29)33-22(19)14-23(20)34-25(30)21-11-6-12-28(21)26(31)32-15-16-7-2-1-3-8-16/h1-3,7-8,13-14,21H,4-6,9-12,15H2. The number of esters is 1. The molecule has 2 aromatic carbocycles. The van der Waals surface area contributed by atoms with Crippen molar-refractivity contribution in [1.82, 2.24) is 4.90 Å². The van der Waals surface area contributed by atoms with E-state index < -0.39 is 18.1 Å². The van der Waals surface area contributed by atoms with Crippen LogP contribution in [-0.2, 0) is 29.0 Å². The maximum absolute atomic E-state index is 13.0. The highest BCUT2D eigenvalue weighted by Crippen LogP contribution is 2.35. The molecule has 1 aliphatic heterocycles. The molecule has 0 saturated carbocycles. The number of carbonyl (C=O) groups excluding carboxylic acids is 2. The van der Waals surface area contributed by atoms with Crippen molar-refractivity contribution < 1.29 is 23.5 Å². The molecule has 2 heterocycles. The quantitative estimate of drug-likeness (QED) is 0.295. The third-order valence-electron chi connectivity index (χ3n) is 6.45. The van der Waals surface area contributed by atoms with Gasteiger partial charge in [-0.1, -0.05) is 41.9 Å². The van der Waals surface area contributed by atoms with Crippen molar-refractivity contribution in [2.24, 2.45) is 0 Å². The van der Waals surface area contributed by atoms with Crippen molar-refractivity contribution in [2.45, 2.75) is 51.2 Å². The Bertz CT molecular complexity index is 1300. The molecule has 1 fully saturated rings. The second-order valence-corrected chi connectivity index (χ2v) is 9.05. The van der Waals surface area contributed by atoms with Crippen molar-refractivity contribution in [2.75, 3.05) is 6.54 Å². The molecule has 1 aromatic heterocycles. The topological polar surface area (TPSA) is 86.0 Å². The lowest BCUT2D eigenvalue weighted by atomic mass is 9.91. The number of nitrogens with zero attached hydrogens (tertiary/aromatic N) is 1. The number of fused-ring (bicyclic) bond motifs is 3. The molecule has 7 nitrogen and oxygen atoms in total. The smallest absolute Gasteiger partial charge is 0.410 e. The minimum absolute atomic E-state index is 0.0996. The molecule has 34 heavy (non-hydrogen) atoms. The van der Waals surface area contributed by atoms with Gasteiger partial charge in [-0.15, -0.1) is 0 Å². The van der Waals surface area contributed by atoms with Crippen LogP contribution >= 0.6 is 11.6 Å². The minimum atomic E-state index is -0.773. The molecule has 2 aliphatic rings. The summed E-state index contributed by atoms with van der Waals surface area (Å²) in [6.45, 7) is 0.525. The van der Waals surface area contributed by atoms with Gasteiger partial charge in [-0.3, -0.25) is 4.90 Å². The molecule has 1 unspecified atom stereocenters. The Balaban J connectivity index is 1.33. The molecule has 176 valence electrons. The number of rotatable bonds is 4. The third kappa shape index (κ3) is 4.40. The molecule has 1 amide bonds. The summed E-state index contributed by atoms with van der Waals surface area (Å²) in [6.07, 6.45) is 4.00. The van der Waals surface area contributed by atoms with E-state index in [1.807, 2.05) is 30.3 Å². The summed E-state index contributed by atoms with van der Waals surface area (Å²) in [6, 6.07) is 11.7. The van der Waals surface area contributed by atoms with Crippen LogP contribution in [0.2, 0.25) is 5.02 Å². The molecule has 0 spiro atoms. The average molecular weight is 482 g/mol. The highest BCUT2D eigenvalue weighted by molar-refractivity contribution is 6.33. The molecule has 8 heteroatoms. The number of aryl methyl sites for hydroxylation is 1. The van der Waals surface area contributed by atoms with Gasteiger partial charge in [-0.25, -0.2) is 14.4 Å². The molecular weight excluding hydrogens is 458 g/mol. The zero-order valence-electron chi connectivity index (χ0n) is 18.6. The van der Waals surface area contributed by atoms with Gasteiger partial charge in [-0.2, -0.15) is 0 Å². The van der Waals surface area contributed by atoms with Gasteiger partial charge in [0.25, 0.3) is 0 Å². The summed E-state index contributed by atoms with van der Waals surface area (Å²) in [5.41, 5.74) is 2.50. The first-order chi connectivity index (χ1) is 16.5. The van der Waals surface area contributed by atoms with Crippen LogP contribution in [0, 0.1) is 0 Å². The summed E-state index contributed by atoms with van der Waals surface area (Å²) in [4.78, 5) is 39.4. The van der Waals surface area contributed by atoms with Crippen molar-refractivity contribution in [3.8, 4) is 5.75 Å². The number of benzene rings is 2. The lowest BCUT2D eigenvalue weighted by Gasteiger charge is -2.23. The molecule has 1 saturated heterocycles. The van der Waals surface area contributed by atoms with Gasteiger partial charge in [0.05, 0.1) is 5.02 Å². The van der Waals surface area contributed by atoms with Crippen LogP contribution in [0.25, 0.3) is 11.0 Å². The first kappa shape index (κ1) is 22.5. The summed E-state index contributed by atoms with van der Waals surface area (Å²) in [7, 11) is 0. The van der Waals surface area contributed by atoms with E-state index in [9.17, 15) is 14.4 Å². The number of halogens is 1. The monoisotopic (exact) mass is 481 g/mol. The van der Waals surface area contributed by atoms with Gasteiger partial charge >= 0.3 is 17.7 Å². The summed E-state index contributed by atoms with van der Waals surface area (Å²) < 4.78 is 16.5. The van der Waals surface area contributed by atoms with Crippen LogP contribution in [0.15, 0.2) is 51.7 Å². The van der Waals surface area contributed by atoms with E-state index in [2.05, 4.69) is 0 Å². The van der Waals surface area contributed by atoms with Crippen molar-refractivity contribution in [3.63, 3.8) is 0 Å². The average Bonchev–Trinajstić information content (AvgIpc) is 3.35. The Morgan fingerprint density at radius 3 is 2.62 bits per heavy atom. The van der Waals surface area contributed by atoms with E-state index >= 15 is 0 Å².